The molecule has 0 saturated heterocycles. The Bertz CT molecular complexity index is 5350. The van der Waals surface area contributed by atoms with Gasteiger partial charge in [-0.05, 0) is 307 Å². The molecule has 0 atom stereocenters. The molecule has 18 rings (SSSR count). The number of aryl methyl sites for hydroxylation is 24. The minimum absolute atomic E-state index is 0. The van der Waals surface area contributed by atoms with Gasteiger partial charge in [0, 0.05) is 0 Å². The van der Waals surface area contributed by atoms with Gasteiger partial charge in [0.2, 0.25) is 0 Å². The summed E-state index contributed by atoms with van der Waals surface area (Å²) in [6.45, 7) is 49.2. The van der Waals surface area contributed by atoms with Gasteiger partial charge in [-0.3, -0.25) is 0 Å². The third-order valence-corrected chi connectivity index (χ3v) is 24.5. The molecule has 141 heavy (non-hydrogen) atoms. The van der Waals surface area contributed by atoms with Crippen molar-refractivity contribution in [1.29, 1.82) is 0 Å². The van der Waals surface area contributed by atoms with Crippen molar-refractivity contribution >= 4 is 118 Å². The van der Waals surface area contributed by atoms with Gasteiger partial charge in [-0.25, -0.2) is 61.2 Å². The quantitative estimate of drug-likeness (QED) is 0.0577. The Morgan fingerprint density at radius 1 is 0.156 bits per heavy atom. The molecule has 24 nitrogen and oxygen atoms in total. The van der Waals surface area contributed by atoms with Crippen LogP contribution >= 0.6 is 0 Å². The van der Waals surface area contributed by atoms with Crippen molar-refractivity contribution in [3.05, 3.63) is 425 Å². The van der Waals surface area contributed by atoms with E-state index >= 15 is 0 Å². The van der Waals surface area contributed by atoms with Crippen molar-refractivity contribution in [2.24, 2.45) is 0 Å². The maximum Gasteiger partial charge on any atom is 3.00 e. The van der Waals surface area contributed by atoms with E-state index in [0.717, 1.165) is 171 Å². The molecule has 0 saturated carbocycles. The monoisotopic (exact) mass is 2310 g/mol. The first-order chi connectivity index (χ1) is 65.0. The van der Waals surface area contributed by atoms with Crippen molar-refractivity contribution in [1.82, 2.24) is 116 Å². The molecule has 0 unspecified atom stereocenters. The fourth-order valence-corrected chi connectivity index (χ4v) is 17.7. The fourth-order valence-electron chi connectivity index (χ4n) is 16.5. The topological polar surface area (TPSA) is 214 Å². The van der Waals surface area contributed by atoms with Crippen LogP contribution in [0.3, 0.4) is 0 Å². The molecule has 0 aliphatic heterocycles. The van der Waals surface area contributed by atoms with Gasteiger partial charge in [-0.1, -0.05) is 215 Å². The van der Waals surface area contributed by atoms with Crippen LogP contribution in [0.5, 0.6) is 0 Å². The number of nitrogens with zero attached hydrogens (tertiary/aromatic N) is 24. The summed E-state index contributed by atoms with van der Waals surface area (Å²) in [5.74, 6) is 4.34. The van der Waals surface area contributed by atoms with E-state index in [1.807, 2.05) is 265 Å². The van der Waals surface area contributed by atoms with Crippen molar-refractivity contribution in [2.75, 3.05) is 0 Å². The molecule has 0 aliphatic rings. The van der Waals surface area contributed by atoms with Gasteiger partial charge in [0.25, 0.3) is 0 Å². The van der Waals surface area contributed by atoms with Gasteiger partial charge in [-0.15, -0.1) is 0 Å². The Hall–Kier alpha value is -7.03. The van der Waals surface area contributed by atoms with Crippen LogP contribution in [-0.2, 0) is 255 Å². The average Bonchev–Trinajstić information content (AvgIpc) is 1.64. The Morgan fingerprint density at radius 2 is 0.234 bits per heavy atom. The smallest absolute Gasteiger partial charge is 2.00 e. The molecule has 0 N–H and O–H groups in total. The maximum atomic E-state index is 4.82. The van der Waals surface area contributed by atoms with Crippen molar-refractivity contribution in [3.8, 4) is 0 Å². The summed E-state index contributed by atoms with van der Waals surface area (Å²) in [5, 5.41) is 56.4. The predicted octanol–water partition coefficient (Wildman–Crippen LogP) is 17.5. The van der Waals surface area contributed by atoms with Gasteiger partial charge in [0.1, 0.15) is 0 Å². The number of benzene rings is 6. The van der Waals surface area contributed by atoms with Gasteiger partial charge in [0.05, 0.1) is 68.3 Å². The SMILES string of the molecule is Cc1cc(C)n([BH-](n2nc(C)cc2C)n2nc(C)cc2C)n1.Cc1cc(C)n([BH-](n2nc(C)cc2C)n2nc(C)cc2C)n1.Cc1cc(C)n([BH-](n2nc(C)cc2C)n2nc(C)cc2C)n1.Cc1cc(C)n([BH-](n2nc(C)cc2C)n2nc(C)cc2C)n1.[S-2].[S-]Cc1ccccc1.[S-]Cc1ccccc1.[S-]Cc1ccccc1.[S-]Cc1ccccc1.[S-]Cc1ccccc1.[S-]Cc1ccccc1.[Y+3].[Y+3].[Y+3].[Y+3]. The second-order valence-electron chi connectivity index (χ2n) is 34.6. The van der Waals surface area contributed by atoms with E-state index in [4.69, 9.17) is 137 Å². The van der Waals surface area contributed by atoms with Gasteiger partial charge in [0.15, 0.2) is 0 Å². The van der Waals surface area contributed by atoms with E-state index in [0.29, 0.717) is 0 Å². The standard InChI is InChI=1S/4C15H22BN6.6C7H8S.S.4Y/c4*1-10-7-13(4)20(17-10)16(21-14(5)8-11(2)18-21)22-15(6)9-12(3)19-22;6*8-6-7-4-2-1-3-5-7;;;;;/h4*7-9,16H,1-6H3;6*1-5,8H,6H2;;;;;/q4*-1;;;;;;;-2;4*+3/p-6. The molecule has 12 aromatic heterocycles. The number of hydrogen-bond acceptors (Lipinski definition) is 18. The van der Waals surface area contributed by atoms with Crippen LogP contribution in [0.4, 0.5) is 0 Å². The summed E-state index contributed by atoms with van der Waals surface area (Å²) in [4.78, 5) is 0. The van der Waals surface area contributed by atoms with Crippen LogP contribution < -0.4 is 0 Å². The third kappa shape index (κ3) is 38.0. The van der Waals surface area contributed by atoms with E-state index in [-0.39, 0.29) is 144 Å². The molecule has 0 bridgehead atoms. The second kappa shape index (κ2) is 63.5. The molecular formula is C102H130B4N24S7Y4. The molecule has 18 aromatic rings. The second-order valence-corrected chi connectivity index (χ2v) is 36.3. The van der Waals surface area contributed by atoms with Crippen LogP contribution in [0.1, 0.15) is 170 Å². The Morgan fingerprint density at radius 3 is 0.284 bits per heavy atom. The summed E-state index contributed by atoms with van der Waals surface area (Å²) in [7, 11) is -5.04. The largest absolute Gasteiger partial charge is 3.00 e. The molecule has 0 radical (unpaired) electrons. The molecule has 6 aromatic carbocycles. The normalized spacial score (nSPS) is 10.3. The average molecular weight is 2320 g/mol. The first kappa shape index (κ1) is 126. The molecule has 724 valence electrons. The number of hydrogen-bond donors (Lipinski definition) is 0. The van der Waals surface area contributed by atoms with E-state index in [9.17, 15) is 0 Å². The van der Waals surface area contributed by atoms with E-state index in [2.05, 4.69) is 211 Å². The van der Waals surface area contributed by atoms with Crippen LogP contribution in [0.25, 0.3) is 0 Å². The molecule has 0 fully saturated rings. The molecule has 0 amide bonds. The summed E-state index contributed by atoms with van der Waals surface area (Å²) >= 11 is 28.9. The zero-order chi connectivity index (χ0) is 99.0. The first-order valence-electron chi connectivity index (χ1n) is 45.8. The summed E-state index contributed by atoms with van der Waals surface area (Å²) in [6.07, 6.45) is 0. The zero-order valence-electron chi connectivity index (χ0n) is 86.2. The molecule has 0 aliphatic carbocycles. The number of rotatable bonds is 18. The van der Waals surface area contributed by atoms with E-state index in [1.165, 1.54) is 33.4 Å². The van der Waals surface area contributed by atoms with Crippen molar-refractivity contribution in [3.63, 3.8) is 0 Å². The minimum Gasteiger partial charge on any atom is -2.00 e. The van der Waals surface area contributed by atoms with Gasteiger partial charge >= 0.3 is 159 Å². The third-order valence-electron chi connectivity index (χ3n) is 22.5. The summed E-state index contributed by atoms with van der Waals surface area (Å²) < 4.78 is 24.8. The molecular weight excluding hydrogens is 2180 g/mol. The molecule has 12 heterocycles. The Labute approximate surface area is 978 Å². The Balaban J connectivity index is 0.000000336. The zero-order valence-corrected chi connectivity index (χ0v) is 103. The van der Waals surface area contributed by atoms with Gasteiger partial charge < -0.3 is 144 Å². The van der Waals surface area contributed by atoms with Gasteiger partial charge in [-0.2, -0.15) is 34.5 Å². The van der Waals surface area contributed by atoms with E-state index in [1.54, 1.807) is 0 Å². The minimum atomic E-state index is -1.26. The molecule has 39 heteroatoms. The fraction of sp³-hybridized carbons (Fsp3) is 0.294. The van der Waals surface area contributed by atoms with Crippen LogP contribution in [0, 0.1) is 166 Å². The Kier molecular flexibility index (Phi) is 56.9. The van der Waals surface area contributed by atoms with Crippen molar-refractivity contribution < 1.29 is 131 Å². The number of aromatic nitrogens is 24. The summed E-state index contributed by atoms with van der Waals surface area (Å²) in [5.41, 5.74) is 33.0. The maximum absolute atomic E-state index is 4.82. The molecule has 0 spiro atoms. The predicted molar refractivity (Wildman–Crippen MR) is 586 cm³/mol. The van der Waals surface area contributed by atoms with Crippen LogP contribution in [0.2, 0.25) is 0 Å². The first-order valence-corrected chi connectivity index (χ1v) is 49.3. The summed E-state index contributed by atoms with van der Waals surface area (Å²) in [6, 6.07) is 85.5. The van der Waals surface area contributed by atoms with Crippen LogP contribution in [0.15, 0.2) is 255 Å². The van der Waals surface area contributed by atoms with E-state index < -0.39 is 28.5 Å². The van der Waals surface area contributed by atoms with Crippen molar-refractivity contribution in [2.45, 2.75) is 201 Å². The van der Waals surface area contributed by atoms with Crippen LogP contribution in [-0.4, -0.2) is 145 Å².